The average molecular weight is 317 g/mol. The Balaban J connectivity index is 2.09. The monoisotopic (exact) mass is 316 g/mol. The van der Waals surface area contributed by atoms with E-state index >= 15 is 0 Å². The van der Waals surface area contributed by atoms with E-state index in [4.69, 9.17) is 0 Å². The molecule has 0 amide bonds. The van der Waals surface area contributed by atoms with E-state index in [1.165, 1.54) is 61.6 Å². The fourth-order valence-corrected chi connectivity index (χ4v) is 4.76. The standard InChI is InChI=1S/C21H32S/c1-5-20-18(12-9-13-21(20)16(2)3)15-19(22-4)14-17-10-7-6-8-11-17/h9,12-13,17,19H,2,5-8,10-11,14-15H2,1,3-4H3. The molecule has 0 aromatic heterocycles. The number of hydrogen-bond donors (Lipinski definition) is 0. The molecule has 1 aromatic rings. The number of hydrogen-bond acceptors (Lipinski definition) is 1. The first kappa shape index (κ1) is 17.7. The molecule has 0 radical (unpaired) electrons. The zero-order valence-electron chi connectivity index (χ0n) is 14.7. The minimum absolute atomic E-state index is 0.772. The summed E-state index contributed by atoms with van der Waals surface area (Å²) in [4.78, 5) is 0. The average Bonchev–Trinajstić information content (AvgIpc) is 2.54. The minimum atomic E-state index is 0.772. The van der Waals surface area contributed by atoms with Crippen molar-refractivity contribution in [1.82, 2.24) is 0 Å². The van der Waals surface area contributed by atoms with Gasteiger partial charge in [-0.05, 0) is 55.1 Å². The molecule has 0 aliphatic heterocycles. The highest BCUT2D eigenvalue weighted by molar-refractivity contribution is 7.99. The summed E-state index contributed by atoms with van der Waals surface area (Å²) in [6.45, 7) is 8.57. The predicted octanol–water partition coefficient (Wildman–Crippen LogP) is 6.53. The van der Waals surface area contributed by atoms with Gasteiger partial charge in [0.15, 0.2) is 0 Å². The van der Waals surface area contributed by atoms with Crippen LogP contribution in [-0.4, -0.2) is 11.5 Å². The van der Waals surface area contributed by atoms with E-state index in [1.54, 1.807) is 5.56 Å². The van der Waals surface area contributed by atoms with Crippen molar-refractivity contribution in [2.45, 2.75) is 70.5 Å². The molecule has 1 fully saturated rings. The lowest BCUT2D eigenvalue weighted by atomic mass is 9.84. The number of thioether (sulfide) groups is 1. The van der Waals surface area contributed by atoms with Gasteiger partial charge in [-0.1, -0.05) is 69.4 Å². The molecular formula is C21H32S. The van der Waals surface area contributed by atoms with E-state index in [-0.39, 0.29) is 0 Å². The first-order valence-electron chi connectivity index (χ1n) is 8.95. The highest BCUT2D eigenvalue weighted by atomic mass is 32.2. The van der Waals surface area contributed by atoms with Crippen LogP contribution in [0.5, 0.6) is 0 Å². The molecule has 0 spiro atoms. The number of rotatable bonds is 7. The molecular weight excluding hydrogens is 284 g/mol. The third-order valence-corrected chi connectivity index (χ3v) is 6.21. The maximum Gasteiger partial charge on any atom is 0.00874 e. The predicted molar refractivity (Wildman–Crippen MR) is 103 cm³/mol. The molecule has 1 saturated carbocycles. The zero-order chi connectivity index (χ0) is 15.9. The van der Waals surface area contributed by atoms with Crippen molar-refractivity contribution >= 4 is 17.3 Å². The topological polar surface area (TPSA) is 0 Å². The van der Waals surface area contributed by atoms with Gasteiger partial charge in [0.2, 0.25) is 0 Å². The molecule has 1 unspecified atom stereocenters. The Bertz CT molecular complexity index is 483. The second kappa shape index (κ2) is 8.82. The van der Waals surface area contributed by atoms with Crippen molar-refractivity contribution < 1.29 is 0 Å². The molecule has 22 heavy (non-hydrogen) atoms. The van der Waals surface area contributed by atoms with Crippen molar-refractivity contribution in [2.75, 3.05) is 6.26 Å². The van der Waals surface area contributed by atoms with Gasteiger partial charge >= 0.3 is 0 Å². The maximum absolute atomic E-state index is 4.16. The molecule has 2 rings (SSSR count). The van der Waals surface area contributed by atoms with Gasteiger partial charge in [0.25, 0.3) is 0 Å². The van der Waals surface area contributed by atoms with Crippen LogP contribution in [0.4, 0.5) is 0 Å². The fourth-order valence-electron chi connectivity index (χ4n) is 3.95. The van der Waals surface area contributed by atoms with E-state index in [1.807, 2.05) is 0 Å². The van der Waals surface area contributed by atoms with Crippen LogP contribution in [0.3, 0.4) is 0 Å². The van der Waals surface area contributed by atoms with Gasteiger partial charge in [-0.25, -0.2) is 0 Å². The Hall–Kier alpha value is -0.690. The second-order valence-corrected chi connectivity index (χ2v) is 8.02. The van der Waals surface area contributed by atoms with Crippen LogP contribution in [0, 0.1) is 5.92 Å². The molecule has 1 atom stereocenters. The van der Waals surface area contributed by atoms with Crippen LogP contribution in [0.15, 0.2) is 24.8 Å². The van der Waals surface area contributed by atoms with Gasteiger partial charge in [-0.15, -0.1) is 0 Å². The molecule has 1 heteroatoms. The Morgan fingerprint density at radius 1 is 1.27 bits per heavy atom. The Morgan fingerprint density at radius 3 is 2.59 bits per heavy atom. The van der Waals surface area contributed by atoms with Crippen molar-refractivity contribution in [1.29, 1.82) is 0 Å². The number of benzene rings is 1. The summed E-state index contributed by atoms with van der Waals surface area (Å²) in [5, 5.41) is 0.772. The van der Waals surface area contributed by atoms with Crippen LogP contribution in [-0.2, 0) is 12.8 Å². The van der Waals surface area contributed by atoms with Crippen molar-refractivity contribution in [3.63, 3.8) is 0 Å². The van der Waals surface area contributed by atoms with Gasteiger partial charge < -0.3 is 0 Å². The molecule has 1 aliphatic carbocycles. The van der Waals surface area contributed by atoms with Crippen molar-refractivity contribution in [3.8, 4) is 0 Å². The Morgan fingerprint density at radius 2 is 2.00 bits per heavy atom. The Labute approximate surface area is 141 Å². The highest BCUT2D eigenvalue weighted by Gasteiger charge is 2.20. The third kappa shape index (κ3) is 4.65. The van der Waals surface area contributed by atoms with E-state index < -0.39 is 0 Å². The lowest BCUT2D eigenvalue weighted by Crippen LogP contribution is -2.16. The summed E-state index contributed by atoms with van der Waals surface area (Å²) in [7, 11) is 0. The Kier molecular flexibility index (Phi) is 7.08. The second-order valence-electron chi connectivity index (χ2n) is 6.88. The normalized spacial score (nSPS) is 17.4. The molecule has 0 nitrogen and oxygen atoms in total. The lowest BCUT2D eigenvalue weighted by Gasteiger charge is -2.26. The van der Waals surface area contributed by atoms with E-state index in [9.17, 15) is 0 Å². The van der Waals surface area contributed by atoms with Crippen molar-refractivity contribution in [3.05, 3.63) is 41.5 Å². The summed E-state index contributed by atoms with van der Waals surface area (Å²) in [6, 6.07) is 6.80. The summed E-state index contributed by atoms with van der Waals surface area (Å²) >= 11 is 2.07. The van der Waals surface area contributed by atoms with Gasteiger partial charge in [-0.3, -0.25) is 0 Å². The van der Waals surface area contributed by atoms with Gasteiger partial charge in [0, 0.05) is 5.25 Å². The first-order chi connectivity index (χ1) is 10.7. The van der Waals surface area contributed by atoms with E-state index in [0.717, 1.165) is 17.6 Å². The van der Waals surface area contributed by atoms with Gasteiger partial charge in [0.1, 0.15) is 0 Å². The van der Waals surface area contributed by atoms with Crippen LogP contribution in [0.25, 0.3) is 5.57 Å². The molecule has 0 saturated heterocycles. The SMILES string of the molecule is C=C(C)c1cccc(CC(CC2CCCCC2)SC)c1CC. The summed E-state index contributed by atoms with van der Waals surface area (Å²) in [5.41, 5.74) is 5.65. The molecule has 0 bridgehead atoms. The highest BCUT2D eigenvalue weighted by Crippen LogP contribution is 2.32. The minimum Gasteiger partial charge on any atom is -0.162 e. The fraction of sp³-hybridized carbons (Fsp3) is 0.619. The smallest absolute Gasteiger partial charge is 0.00874 e. The van der Waals surface area contributed by atoms with E-state index in [2.05, 4.69) is 56.6 Å². The zero-order valence-corrected chi connectivity index (χ0v) is 15.5. The quantitative estimate of drug-likeness (QED) is 0.551. The summed E-state index contributed by atoms with van der Waals surface area (Å²) in [6.07, 6.45) is 13.3. The van der Waals surface area contributed by atoms with Crippen LogP contribution < -0.4 is 0 Å². The molecule has 1 aliphatic rings. The van der Waals surface area contributed by atoms with Crippen molar-refractivity contribution in [2.24, 2.45) is 5.92 Å². The van der Waals surface area contributed by atoms with Crippen LogP contribution in [0.1, 0.15) is 69.1 Å². The largest absolute Gasteiger partial charge is 0.162 e. The van der Waals surface area contributed by atoms with Crippen LogP contribution >= 0.6 is 11.8 Å². The maximum atomic E-state index is 4.16. The van der Waals surface area contributed by atoms with Gasteiger partial charge in [-0.2, -0.15) is 11.8 Å². The summed E-state index contributed by atoms with van der Waals surface area (Å²) < 4.78 is 0. The summed E-state index contributed by atoms with van der Waals surface area (Å²) in [5.74, 6) is 0.973. The lowest BCUT2D eigenvalue weighted by molar-refractivity contribution is 0.336. The molecule has 0 heterocycles. The third-order valence-electron chi connectivity index (χ3n) is 5.19. The van der Waals surface area contributed by atoms with Crippen LogP contribution in [0.2, 0.25) is 0 Å². The van der Waals surface area contributed by atoms with Gasteiger partial charge in [0.05, 0.1) is 0 Å². The molecule has 122 valence electrons. The van der Waals surface area contributed by atoms with E-state index in [0.29, 0.717) is 0 Å². The number of allylic oxidation sites excluding steroid dienone is 1. The molecule has 1 aromatic carbocycles. The molecule has 0 N–H and O–H groups in total. The first-order valence-corrected chi connectivity index (χ1v) is 10.2.